The number of hydrazine groups is 1. The van der Waals surface area contributed by atoms with Crippen molar-refractivity contribution in [2.75, 3.05) is 10.7 Å². The normalized spacial score (nSPS) is 10.2. The molecular weight excluding hydrogens is 230 g/mol. The molecule has 0 saturated heterocycles. The lowest BCUT2D eigenvalue weighted by Gasteiger charge is -2.09. The smallest absolute Gasteiger partial charge is 0.259 e. The number of benzene rings is 1. The molecule has 18 heavy (non-hydrogen) atoms. The Balaban J connectivity index is 2.25. The Morgan fingerprint density at radius 3 is 2.78 bits per heavy atom. The highest BCUT2D eigenvalue weighted by Crippen LogP contribution is 2.17. The molecule has 2 aromatic rings. The third kappa shape index (κ3) is 2.49. The van der Waals surface area contributed by atoms with Crippen LogP contribution in [0.15, 0.2) is 30.5 Å². The van der Waals surface area contributed by atoms with Crippen molar-refractivity contribution in [3.63, 3.8) is 0 Å². The summed E-state index contributed by atoms with van der Waals surface area (Å²) in [5, 5.41) is 6.80. The summed E-state index contributed by atoms with van der Waals surface area (Å²) >= 11 is 0. The molecule has 0 radical (unpaired) electrons. The van der Waals surface area contributed by atoms with E-state index in [9.17, 15) is 4.79 Å². The van der Waals surface area contributed by atoms with E-state index in [0.717, 1.165) is 5.56 Å². The predicted molar refractivity (Wildman–Crippen MR) is 70.2 cm³/mol. The van der Waals surface area contributed by atoms with Crippen LogP contribution in [0.2, 0.25) is 0 Å². The number of rotatable bonds is 3. The van der Waals surface area contributed by atoms with Gasteiger partial charge >= 0.3 is 0 Å². The fraction of sp³-hybridized carbons (Fsp3) is 0.167. The first-order chi connectivity index (χ1) is 8.60. The Bertz CT molecular complexity index is 576. The van der Waals surface area contributed by atoms with Gasteiger partial charge in [-0.2, -0.15) is 5.10 Å². The first-order valence-corrected chi connectivity index (χ1v) is 5.48. The number of anilines is 2. The van der Waals surface area contributed by atoms with Gasteiger partial charge in [-0.1, -0.05) is 11.6 Å². The molecule has 6 nitrogen and oxygen atoms in total. The van der Waals surface area contributed by atoms with Gasteiger partial charge in [0, 0.05) is 19.3 Å². The molecule has 2 rings (SSSR count). The molecule has 1 aromatic carbocycles. The molecule has 0 spiro atoms. The zero-order valence-corrected chi connectivity index (χ0v) is 10.3. The number of nitrogens with two attached hydrogens (primary N) is 1. The number of aromatic nitrogens is 2. The van der Waals surface area contributed by atoms with Gasteiger partial charge in [-0.3, -0.25) is 15.3 Å². The molecule has 0 aliphatic carbocycles. The van der Waals surface area contributed by atoms with Gasteiger partial charge in [0.25, 0.3) is 5.91 Å². The van der Waals surface area contributed by atoms with Gasteiger partial charge in [0.2, 0.25) is 0 Å². The van der Waals surface area contributed by atoms with E-state index >= 15 is 0 Å². The van der Waals surface area contributed by atoms with Crippen molar-refractivity contribution >= 4 is 17.4 Å². The molecule has 1 heterocycles. The molecule has 0 atom stereocenters. The molecule has 6 heteroatoms. The van der Waals surface area contributed by atoms with Crippen LogP contribution in [0.1, 0.15) is 15.9 Å². The lowest BCUT2D eigenvalue weighted by atomic mass is 10.1. The monoisotopic (exact) mass is 245 g/mol. The Labute approximate surface area is 105 Å². The Morgan fingerprint density at radius 2 is 2.17 bits per heavy atom. The van der Waals surface area contributed by atoms with E-state index in [4.69, 9.17) is 5.84 Å². The van der Waals surface area contributed by atoms with E-state index in [1.54, 1.807) is 36.1 Å². The Kier molecular flexibility index (Phi) is 3.29. The summed E-state index contributed by atoms with van der Waals surface area (Å²) in [6, 6.07) is 7.14. The van der Waals surface area contributed by atoms with Crippen LogP contribution in [0.5, 0.6) is 0 Å². The van der Waals surface area contributed by atoms with Gasteiger partial charge in [0.05, 0.1) is 11.3 Å². The lowest BCUT2D eigenvalue weighted by molar-refractivity contribution is 0.102. The second-order valence-corrected chi connectivity index (χ2v) is 4.02. The number of aryl methyl sites for hydroxylation is 2. The van der Waals surface area contributed by atoms with Gasteiger partial charge in [-0.05, 0) is 19.1 Å². The van der Waals surface area contributed by atoms with Gasteiger partial charge in [0.15, 0.2) is 5.82 Å². The summed E-state index contributed by atoms with van der Waals surface area (Å²) in [6.45, 7) is 1.91. The van der Waals surface area contributed by atoms with Crippen LogP contribution in [-0.2, 0) is 7.05 Å². The SMILES string of the molecule is Cc1ccc(NN)c(C(=O)Nc2ccn(C)n2)c1. The Hall–Kier alpha value is -2.34. The molecule has 0 aliphatic rings. The van der Waals surface area contributed by atoms with Gasteiger partial charge in [0.1, 0.15) is 0 Å². The van der Waals surface area contributed by atoms with Crippen molar-refractivity contribution in [2.24, 2.45) is 12.9 Å². The number of amides is 1. The zero-order chi connectivity index (χ0) is 13.1. The summed E-state index contributed by atoms with van der Waals surface area (Å²) in [5.74, 6) is 5.65. The summed E-state index contributed by atoms with van der Waals surface area (Å²) in [4.78, 5) is 12.1. The van der Waals surface area contributed by atoms with Crippen molar-refractivity contribution in [1.29, 1.82) is 0 Å². The van der Waals surface area contributed by atoms with Crippen LogP contribution in [0.4, 0.5) is 11.5 Å². The number of nitrogens with zero attached hydrogens (tertiary/aromatic N) is 2. The third-order valence-corrected chi connectivity index (χ3v) is 2.53. The van der Waals surface area contributed by atoms with Crippen molar-refractivity contribution in [3.05, 3.63) is 41.6 Å². The minimum absolute atomic E-state index is 0.245. The third-order valence-electron chi connectivity index (χ3n) is 2.53. The zero-order valence-electron chi connectivity index (χ0n) is 10.3. The van der Waals surface area contributed by atoms with E-state index in [1.165, 1.54) is 0 Å². The number of carbonyl (C=O) groups excluding carboxylic acids is 1. The van der Waals surface area contributed by atoms with Crippen LogP contribution in [-0.4, -0.2) is 15.7 Å². The van der Waals surface area contributed by atoms with Crippen molar-refractivity contribution in [1.82, 2.24) is 9.78 Å². The van der Waals surface area contributed by atoms with Crippen molar-refractivity contribution < 1.29 is 4.79 Å². The second kappa shape index (κ2) is 4.89. The van der Waals surface area contributed by atoms with E-state index < -0.39 is 0 Å². The Morgan fingerprint density at radius 1 is 1.39 bits per heavy atom. The van der Waals surface area contributed by atoms with Crippen molar-refractivity contribution in [3.8, 4) is 0 Å². The number of nitrogen functional groups attached to an aromatic ring is 1. The average Bonchev–Trinajstić information content (AvgIpc) is 2.74. The minimum atomic E-state index is -0.245. The molecule has 94 valence electrons. The molecule has 0 aliphatic heterocycles. The number of hydrogen-bond donors (Lipinski definition) is 3. The van der Waals surface area contributed by atoms with E-state index in [2.05, 4.69) is 15.8 Å². The van der Waals surface area contributed by atoms with Crippen LogP contribution in [0.3, 0.4) is 0 Å². The fourth-order valence-corrected chi connectivity index (χ4v) is 1.64. The molecule has 0 unspecified atom stereocenters. The molecule has 0 fully saturated rings. The van der Waals surface area contributed by atoms with Crippen molar-refractivity contribution in [2.45, 2.75) is 6.92 Å². The summed E-state index contributed by atoms with van der Waals surface area (Å²) in [5.41, 5.74) is 4.56. The maximum atomic E-state index is 12.1. The molecule has 0 bridgehead atoms. The second-order valence-electron chi connectivity index (χ2n) is 4.02. The quantitative estimate of drug-likeness (QED) is 0.561. The highest BCUT2D eigenvalue weighted by atomic mass is 16.1. The molecule has 4 N–H and O–H groups in total. The maximum absolute atomic E-state index is 12.1. The largest absolute Gasteiger partial charge is 0.323 e. The number of nitrogens with one attached hydrogen (secondary N) is 2. The first kappa shape index (κ1) is 12.1. The molecule has 1 aromatic heterocycles. The highest BCUT2D eigenvalue weighted by molar-refractivity contribution is 6.07. The van der Waals surface area contributed by atoms with Crippen LogP contribution < -0.4 is 16.6 Å². The van der Waals surface area contributed by atoms with Crippen LogP contribution in [0.25, 0.3) is 0 Å². The number of carbonyl (C=O) groups is 1. The van der Waals surface area contributed by atoms with E-state index in [0.29, 0.717) is 17.1 Å². The maximum Gasteiger partial charge on any atom is 0.259 e. The van der Waals surface area contributed by atoms with E-state index in [-0.39, 0.29) is 5.91 Å². The van der Waals surface area contributed by atoms with Gasteiger partial charge in [-0.15, -0.1) is 0 Å². The molecule has 1 amide bonds. The average molecular weight is 245 g/mol. The summed E-state index contributed by atoms with van der Waals surface area (Å²) in [6.07, 6.45) is 1.76. The summed E-state index contributed by atoms with van der Waals surface area (Å²) < 4.78 is 1.62. The molecular formula is C12H15N5O. The summed E-state index contributed by atoms with van der Waals surface area (Å²) in [7, 11) is 1.79. The first-order valence-electron chi connectivity index (χ1n) is 5.48. The highest BCUT2D eigenvalue weighted by Gasteiger charge is 2.12. The van der Waals surface area contributed by atoms with Gasteiger partial charge < -0.3 is 10.7 Å². The van der Waals surface area contributed by atoms with E-state index in [1.807, 2.05) is 13.0 Å². The standard InChI is InChI=1S/C12H15N5O/c1-8-3-4-10(15-13)9(7-8)12(18)14-11-5-6-17(2)16-11/h3-7,15H,13H2,1-2H3,(H,14,16,18). The predicted octanol–water partition coefficient (Wildman–Crippen LogP) is 1.27. The topological polar surface area (TPSA) is 85.0 Å². The van der Waals surface area contributed by atoms with Crippen LogP contribution in [0, 0.1) is 6.92 Å². The molecule has 0 saturated carbocycles. The fourth-order valence-electron chi connectivity index (χ4n) is 1.64. The lowest BCUT2D eigenvalue weighted by Crippen LogP contribution is -2.17. The van der Waals surface area contributed by atoms with Crippen LogP contribution >= 0.6 is 0 Å². The van der Waals surface area contributed by atoms with Gasteiger partial charge in [-0.25, -0.2) is 0 Å². The minimum Gasteiger partial charge on any atom is -0.323 e. The number of hydrogen-bond acceptors (Lipinski definition) is 4.